The number of aromatic nitrogens is 1. The fourth-order valence-corrected chi connectivity index (χ4v) is 4.82. The van der Waals surface area contributed by atoms with Crippen LogP contribution >= 0.6 is 11.6 Å². The molecule has 0 aliphatic carbocycles. The Bertz CT molecular complexity index is 1060. The van der Waals surface area contributed by atoms with Crippen LogP contribution in [0.25, 0.3) is 5.57 Å². The summed E-state index contributed by atoms with van der Waals surface area (Å²) in [5.74, 6) is 1.41. The van der Waals surface area contributed by atoms with E-state index in [4.69, 9.17) is 11.6 Å². The van der Waals surface area contributed by atoms with Crippen molar-refractivity contribution in [1.82, 2.24) is 14.8 Å². The molecule has 2 heterocycles. The van der Waals surface area contributed by atoms with Crippen molar-refractivity contribution in [3.8, 4) is 0 Å². The van der Waals surface area contributed by atoms with Crippen molar-refractivity contribution in [1.29, 1.82) is 0 Å². The summed E-state index contributed by atoms with van der Waals surface area (Å²) in [4.78, 5) is 35.4. The van der Waals surface area contributed by atoms with Gasteiger partial charge in [-0.1, -0.05) is 47.5 Å². The molecule has 1 aromatic carbocycles. The first-order chi connectivity index (χ1) is 16.7. The third-order valence-electron chi connectivity index (χ3n) is 6.64. The molecule has 35 heavy (non-hydrogen) atoms. The number of rotatable bonds is 8. The van der Waals surface area contributed by atoms with E-state index in [1.165, 1.54) is 4.90 Å². The number of hydrogen-bond acceptors (Lipinski definition) is 4. The molecule has 0 saturated carbocycles. The zero-order valence-electron chi connectivity index (χ0n) is 21.6. The molecule has 1 saturated heterocycles. The first-order valence-corrected chi connectivity index (χ1v) is 12.7. The molecule has 1 aliphatic rings. The lowest BCUT2D eigenvalue weighted by atomic mass is 9.92. The van der Waals surface area contributed by atoms with Gasteiger partial charge in [0.25, 0.3) is 11.8 Å². The lowest BCUT2D eigenvalue weighted by molar-refractivity contribution is -0.123. The number of likely N-dealkylation sites (N-methyl/N-ethyl adjacent to an activating group) is 1. The number of pyridine rings is 1. The summed E-state index contributed by atoms with van der Waals surface area (Å²) in [5.41, 5.74) is 3.24. The summed E-state index contributed by atoms with van der Waals surface area (Å²) in [5, 5.41) is 0.252. The van der Waals surface area contributed by atoms with Gasteiger partial charge in [-0.05, 0) is 63.1 Å². The van der Waals surface area contributed by atoms with Gasteiger partial charge in [0.1, 0.15) is 11.0 Å². The van der Waals surface area contributed by atoms with Crippen molar-refractivity contribution >= 4 is 34.8 Å². The van der Waals surface area contributed by atoms with Crippen LogP contribution in [-0.4, -0.2) is 67.4 Å². The molecule has 2 aromatic rings. The molecule has 0 atom stereocenters. The van der Waals surface area contributed by atoms with Crippen LogP contribution in [0.2, 0.25) is 5.15 Å². The van der Waals surface area contributed by atoms with Gasteiger partial charge in [0.05, 0.1) is 5.56 Å². The lowest BCUT2D eigenvalue weighted by Gasteiger charge is -2.33. The van der Waals surface area contributed by atoms with E-state index in [-0.39, 0.29) is 17.0 Å². The number of nitrogens with zero attached hydrogens (tertiary/aromatic N) is 4. The normalized spacial score (nSPS) is 13.9. The van der Waals surface area contributed by atoms with Gasteiger partial charge in [0.15, 0.2) is 0 Å². The molecule has 0 radical (unpaired) electrons. The van der Waals surface area contributed by atoms with Gasteiger partial charge in [-0.15, -0.1) is 0 Å². The number of amides is 2. The molecule has 1 fully saturated rings. The van der Waals surface area contributed by atoms with E-state index in [0.717, 1.165) is 67.8 Å². The molecule has 0 spiro atoms. The molecule has 2 amide bonds. The standard InChI is InChI=1S/C28H37ClN4O2/c1-20(2)25(22-11-7-6-8-12-22)28(35)32(5)17-9-10-21-15-18-33(19-16-21)24-14-13-23(26(29)30-24)27(34)31(3)4/h6-8,11-14,21H,9-10,15-19H2,1-5H3. The zero-order valence-corrected chi connectivity index (χ0v) is 22.3. The maximum atomic E-state index is 13.1. The maximum Gasteiger partial charge on any atom is 0.256 e. The first kappa shape index (κ1) is 26.7. The van der Waals surface area contributed by atoms with E-state index < -0.39 is 0 Å². The molecular weight excluding hydrogens is 460 g/mol. The zero-order chi connectivity index (χ0) is 25.5. The van der Waals surface area contributed by atoms with E-state index >= 15 is 0 Å². The van der Waals surface area contributed by atoms with Crippen LogP contribution in [0.4, 0.5) is 5.82 Å². The Morgan fingerprint density at radius 3 is 2.26 bits per heavy atom. The third kappa shape index (κ3) is 6.85. The summed E-state index contributed by atoms with van der Waals surface area (Å²) in [7, 11) is 5.31. The van der Waals surface area contributed by atoms with E-state index in [1.54, 1.807) is 20.2 Å². The van der Waals surface area contributed by atoms with Crippen molar-refractivity contribution in [3.63, 3.8) is 0 Å². The molecule has 7 heteroatoms. The van der Waals surface area contributed by atoms with Crippen molar-refractivity contribution in [3.05, 3.63) is 64.3 Å². The number of hydrogen-bond donors (Lipinski definition) is 0. The molecular formula is C28H37ClN4O2. The molecule has 6 nitrogen and oxygen atoms in total. The van der Waals surface area contributed by atoms with Crippen LogP contribution in [0.3, 0.4) is 0 Å². The van der Waals surface area contributed by atoms with Crippen molar-refractivity contribution in [2.75, 3.05) is 45.7 Å². The monoisotopic (exact) mass is 496 g/mol. The third-order valence-corrected chi connectivity index (χ3v) is 6.93. The van der Waals surface area contributed by atoms with Gasteiger partial charge in [-0.25, -0.2) is 4.98 Å². The lowest BCUT2D eigenvalue weighted by Crippen LogP contribution is -2.35. The Labute approximate surface area is 214 Å². The number of carbonyl (C=O) groups excluding carboxylic acids is 2. The minimum absolute atomic E-state index is 0.0881. The van der Waals surface area contributed by atoms with Crippen LogP contribution in [0.5, 0.6) is 0 Å². The van der Waals surface area contributed by atoms with Crippen LogP contribution in [0.1, 0.15) is 55.5 Å². The minimum Gasteiger partial charge on any atom is -0.357 e. The quantitative estimate of drug-likeness (QED) is 0.363. The largest absolute Gasteiger partial charge is 0.357 e. The average Bonchev–Trinajstić information content (AvgIpc) is 2.84. The molecule has 3 rings (SSSR count). The second kappa shape index (κ2) is 12.2. The molecule has 1 aromatic heterocycles. The smallest absolute Gasteiger partial charge is 0.256 e. The number of halogens is 1. The SMILES string of the molecule is CC(C)=C(C(=O)N(C)CCCC1CCN(c2ccc(C(=O)N(C)C)c(Cl)n2)CC1)c1ccccc1. The number of piperidine rings is 1. The number of allylic oxidation sites excluding steroid dienone is 1. The average molecular weight is 497 g/mol. The number of benzene rings is 1. The highest BCUT2D eigenvalue weighted by molar-refractivity contribution is 6.32. The van der Waals surface area contributed by atoms with Crippen molar-refractivity contribution in [2.45, 2.75) is 39.5 Å². The Morgan fingerprint density at radius 2 is 1.69 bits per heavy atom. The minimum atomic E-state index is -0.142. The first-order valence-electron chi connectivity index (χ1n) is 12.3. The highest BCUT2D eigenvalue weighted by atomic mass is 35.5. The Kier molecular flexibility index (Phi) is 9.33. The van der Waals surface area contributed by atoms with Gasteiger partial charge in [0.2, 0.25) is 0 Å². The second-order valence-electron chi connectivity index (χ2n) is 9.75. The predicted molar refractivity (Wildman–Crippen MR) is 144 cm³/mol. The Morgan fingerprint density at radius 1 is 1.03 bits per heavy atom. The van der Waals surface area contributed by atoms with Gasteiger partial charge < -0.3 is 14.7 Å². The van der Waals surface area contributed by atoms with Gasteiger partial charge in [-0.3, -0.25) is 9.59 Å². The van der Waals surface area contributed by atoms with Gasteiger partial charge in [-0.2, -0.15) is 0 Å². The Hall–Kier alpha value is -2.86. The topological polar surface area (TPSA) is 56.8 Å². The molecule has 0 bridgehead atoms. The van der Waals surface area contributed by atoms with Crippen molar-refractivity contribution in [2.24, 2.45) is 5.92 Å². The number of anilines is 1. The molecule has 1 aliphatic heterocycles. The summed E-state index contributed by atoms with van der Waals surface area (Å²) >= 11 is 6.30. The summed E-state index contributed by atoms with van der Waals surface area (Å²) in [6.07, 6.45) is 4.26. The van der Waals surface area contributed by atoms with Crippen LogP contribution < -0.4 is 4.90 Å². The fraction of sp³-hybridized carbons (Fsp3) is 0.464. The van der Waals surface area contributed by atoms with E-state index in [1.807, 2.05) is 62.2 Å². The van der Waals surface area contributed by atoms with Crippen LogP contribution in [0.15, 0.2) is 48.0 Å². The Balaban J connectivity index is 1.48. The summed E-state index contributed by atoms with van der Waals surface area (Å²) < 4.78 is 0. The molecule has 188 valence electrons. The number of carbonyl (C=O) groups is 2. The molecule has 0 unspecified atom stereocenters. The van der Waals surface area contributed by atoms with Crippen LogP contribution in [-0.2, 0) is 4.79 Å². The predicted octanol–water partition coefficient (Wildman–Crippen LogP) is 5.39. The fourth-order valence-electron chi connectivity index (χ4n) is 4.59. The molecule has 0 N–H and O–H groups in total. The second-order valence-corrected chi connectivity index (χ2v) is 10.1. The summed E-state index contributed by atoms with van der Waals surface area (Å²) in [6.45, 7) is 6.58. The summed E-state index contributed by atoms with van der Waals surface area (Å²) in [6, 6.07) is 13.6. The van der Waals surface area contributed by atoms with E-state index in [9.17, 15) is 9.59 Å². The van der Waals surface area contributed by atoms with E-state index in [0.29, 0.717) is 11.5 Å². The van der Waals surface area contributed by atoms with Crippen molar-refractivity contribution < 1.29 is 9.59 Å². The maximum absolute atomic E-state index is 13.1. The van der Waals surface area contributed by atoms with Crippen LogP contribution in [0, 0.1) is 5.92 Å². The van der Waals surface area contributed by atoms with Gasteiger partial charge in [0, 0.05) is 46.4 Å². The van der Waals surface area contributed by atoms with Gasteiger partial charge >= 0.3 is 0 Å². The van der Waals surface area contributed by atoms with E-state index in [2.05, 4.69) is 9.88 Å². The highest BCUT2D eigenvalue weighted by Gasteiger charge is 2.23. The highest BCUT2D eigenvalue weighted by Crippen LogP contribution is 2.28.